The largest absolute Gasteiger partial charge is 0.355 e. The fourth-order valence-corrected chi connectivity index (χ4v) is 2.42. The Hall–Kier alpha value is -1.04. The van der Waals surface area contributed by atoms with E-state index in [0.29, 0.717) is 18.3 Å². The van der Waals surface area contributed by atoms with Gasteiger partial charge in [0.1, 0.15) is 5.92 Å². The molecule has 3 heteroatoms. The molecule has 1 fully saturated rings. The van der Waals surface area contributed by atoms with Crippen LogP contribution in [0.5, 0.6) is 0 Å². The molecule has 0 radical (unpaired) electrons. The second kappa shape index (κ2) is 6.52. The van der Waals surface area contributed by atoms with Crippen LogP contribution < -0.4 is 5.32 Å². The Labute approximate surface area is 98.2 Å². The highest BCUT2D eigenvalue weighted by atomic mass is 16.1. The maximum absolute atomic E-state index is 11.7. The Balaban J connectivity index is 2.31. The van der Waals surface area contributed by atoms with E-state index in [1.165, 1.54) is 19.3 Å². The summed E-state index contributed by atoms with van der Waals surface area (Å²) in [7, 11) is 0. The Kier molecular flexibility index (Phi) is 5.31. The van der Waals surface area contributed by atoms with E-state index in [9.17, 15) is 4.79 Å². The first-order chi connectivity index (χ1) is 7.69. The molecule has 1 aliphatic rings. The number of nitriles is 1. The van der Waals surface area contributed by atoms with Crippen molar-refractivity contribution in [3.8, 4) is 6.07 Å². The molecule has 3 atom stereocenters. The first-order valence-corrected chi connectivity index (χ1v) is 6.36. The maximum Gasteiger partial charge on any atom is 0.237 e. The molecule has 90 valence electrons. The Morgan fingerprint density at radius 3 is 2.81 bits per heavy atom. The van der Waals surface area contributed by atoms with Crippen molar-refractivity contribution in [1.29, 1.82) is 5.26 Å². The molecule has 0 saturated heterocycles. The molecule has 0 aromatic carbocycles. The van der Waals surface area contributed by atoms with E-state index in [1.54, 1.807) is 0 Å². The third-order valence-corrected chi connectivity index (χ3v) is 3.63. The number of hydrogen-bond acceptors (Lipinski definition) is 2. The van der Waals surface area contributed by atoms with Crippen molar-refractivity contribution in [2.24, 2.45) is 17.8 Å². The van der Waals surface area contributed by atoms with Gasteiger partial charge in [-0.1, -0.05) is 33.1 Å². The molecule has 0 spiro atoms. The van der Waals surface area contributed by atoms with Crippen LogP contribution in [-0.2, 0) is 4.79 Å². The fraction of sp³-hybridized carbons (Fsp3) is 0.846. The van der Waals surface area contributed by atoms with E-state index in [-0.39, 0.29) is 5.91 Å². The average molecular weight is 222 g/mol. The lowest BCUT2D eigenvalue weighted by Crippen LogP contribution is -2.34. The highest BCUT2D eigenvalue weighted by Gasteiger charge is 2.24. The molecule has 0 aromatic rings. The first kappa shape index (κ1) is 13.0. The smallest absolute Gasteiger partial charge is 0.237 e. The van der Waals surface area contributed by atoms with Gasteiger partial charge in [0, 0.05) is 6.54 Å². The summed E-state index contributed by atoms with van der Waals surface area (Å²) < 4.78 is 0. The van der Waals surface area contributed by atoms with Gasteiger partial charge in [-0.2, -0.15) is 5.26 Å². The zero-order chi connectivity index (χ0) is 12.0. The van der Waals surface area contributed by atoms with Gasteiger partial charge in [-0.3, -0.25) is 4.79 Å². The highest BCUT2D eigenvalue weighted by molar-refractivity contribution is 5.80. The number of rotatable bonds is 5. The third-order valence-electron chi connectivity index (χ3n) is 3.63. The van der Waals surface area contributed by atoms with Gasteiger partial charge >= 0.3 is 0 Å². The van der Waals surface area contributed by atoms with Crippen molar-refractivity contribution in [2.75, 3.05) is 6.54 Å². The number of nitrogens with one attached hydrogen (secondary N) is 1. The minimum absolute atomic E-state index is 0.0801. The summed E-state index contributed by atoms with van der Waals surface area (Å²) in [5.41, 5.74) is 0. The topological polar surface area (TPSA) is 52.9 Å². The van der Waals surface area contributed by atoms with E-state index in [2.05, 4.69) is 18.3 Å². The van der Waals surface area contributed by atoms with Crippen LogP contribution in [0.4, 0.5) is 0 Å². The molecule has 3 nitrogen and oxygen atoms in total. The van der Waals surface area contributed by atoms with Crippen LogP contribution >= 0.6 is 0 Å². The van der Waals surface area contributed by atoms with Crippen LogP contribution in [0.25, 0.3) is 0 Å². The molecule has 0 aromatic heterocycles. The molecule has 3 unspecified atom stereocenters. The maximum atomic E-state index is 11.7. The lowest BCUT2D eigenvalue weighted by Gasteiger charge is -2.17. The summed E-state index contributed by atoms with van der Waals surface area (Å²) in [5.74, 6) is 0.794. The number of carbonyl (C=O) groups is 1. The molecule has 1 rings (SSSR count). The first-order valence-electron chi connectivity index (χ1n) is 6.36. The van der Waals surface area contributed by atoms with Crippen molar-refractivity contribution >= 4 is 5.91 Å². The van der Waals surface area contributed by atoms with E-state index in [0.717, 1.165) is 13.0 Å². The molecule has 1 amide bonds. The van der Waals surface area contributed by atoms with Gasteiger partial charge in [0.05, 0.1) is 6.07 Å². The lowest BCUT2D eigenvalue weighted by atomic mass is 9.97. The van der Waals surface area contributed by atoms with Gasteiger partial charge in [0.25, 0.3) is 0 Å². The van der Waals surface area contributed by atoms with Gasteiger partial charge in [-0.25, -0.2) is 0 Å². The van der Waals surface area contributed by atoms with Crippen molar-refractivity contribution in [3.63, 3.8) is 0 Å². The second-order valence-corrected chi connectivity index (χ2v) is 4.88. The minimum Gasteiger partial charge on any atom is -0.355 e. The molecule has 0 heterocycles. The molecule has 0 bridgehead atoms. The van der Waals surface area contributed by atoms with Crippen LogP contribution in [0.1, 0.15) is 46.0 Å². The van der Waals surface area contributed by atoms with Gasteiger partial charge in [0.15, 0.2) is 0 Å². The van der Waals surface area contributed by atoms with E-state index in [4.69, 9.17) is 5.26 Å². The molecule has 1 N–H and O–H groups in total. The van der Waals surface area contributed by atoms with Crippen LogP contribution in [0.15, 0.2) is 0 Å². The predicted octanol–water partition coefficient (Wildman–Crippen LogP) is 2.48. The van der Waals surface area contributed by atoms with Crippen molar-refractivity contribution in [1.82, 2.24) is 5.32 Å². The standard InChI is InChI=1S/C13H22N2O/c1-3-5-11(8-14)13(16)15-9-12-7-4-6-10(12)2/h10-12H,3-7,9H2,1-2H3,(H,15,16). The zero-order valence-corrected chi connectivity index (χ0v) is 10.3. The van der Waals surface area contributed by atoms with Crippen LogP contribution in [-0.4, -0.2) is 12.5 Å². The van der Waals surface area contributed by atoms with E-state index >= 15 is 0 Å². The molecule has 16 heavy (non-hydrogen) atoms. The fourth-order valence-electron chi connectivity index (χ4n) is 2.42. The number of nitrogens with zero attached hydrogens (tertiary/aromatic N) is 1. The zero-order valence-electron chi connectivity index (χ0n) is 10.3. The average Bonchev–Trinajstić information content (AvgIpc) is 2.68. The van der Waals surface area contributed by atoms with Gasteiger partial charge in [-0.15, -0.1) is 0 Å². The quantitative estimate of drug-likeness (QED) is 0.777. The van der Waals surface area contributed by atoms with Gasteiger partial charge in [-0.05, 0) is 24.7 Å². The third kappa shape index (κ3) is 3.52. The summed E-state index contributed by atoms with van der Waals surface area (Å²) in [6.45, 7) is 5.00. The highest BCUT2D eigenvalue weighted by Crippen LogP contribution is 2.30. The second-order valence-electron chi connectivity index (χ2n) is 4.88. The van der Waals surface area contributed by atoms with Crippen LogP contribution in [0.3, 0.4) is 0 Å². The van der Waals surface area contributed by atoms with Crippen molar-refractivity contribution in [2.45, 2.75) is 46.0 Å². The summed E-state index contributed by atoms with van der Waals surface area (Å²) in [5, 5.41) is 11.8. The molecular weight excluding hydrogens is 200 g/mol. The molecule has 1 saturated carbocycles. The number of hydrogen-bond donors (Lipinski definition) is 1. The molecule has 0 aliphatic heterocycles. The normalized spacial score (nSPS) is 26.1. The Morgan fingerprint density at radius 1 is 1.56 bits per heavy atom. The predicted molar refractivity (Wildman–Crippen MR) is 63.5 cm³/mol. The van der Waals surface area contributed by atoms with Gasteiger partial charge in [0.2, 0.25) is 5.91 Å². The molecule has 1 aliphatic carbocycles. The Morgan fingerprint density at radius 2 is 2.31 bits per heavy atom. The lowest BCUT2D eigenvalue weighted by molar-refractivity contribution is -0.123. The van der Waals surface area contributed by atoms with Gasteiger partial charge < -0.3 is 5.32 Å². The van der Waals surface area contributed by atoms with Crippen molar-refractivity contribution in [3.05, 3.63) is 0 Å². The van der Waals surface area contributed by atoms with E-state index in [1.807, 2.05) is 6.92 Å². The SMILES string of the molecule is CCCC(C#N)C(=O)NCC1CCCC1C. The Bertz CT molecular complexity index is 270. The van der Waals surface area contributed by atoms with Crippen LogP contribution in [0, 0.1) is 29.1 Å². The summed E-state index contributed by atoms with van der Waals surface area (Å²) in [6, 6.07) is 2.08. The number of carbonyl (C=O) groups excluding carboxylic acids is 1. The summed E-state index contributed by atoms with van der Waals surface area (Å²) >= 11 is 0. The summed E-state index contributed by atoms with van der Waals surface area (Å²) in [6.07, 6.45) is 5.32. The van der Waals surface area contributed by atoms with E-state index < -0.39 is 5.92 Å². The monoisotopic (exact) mass is 222 g/mol. The minimum atomic E-state index is -0.457. The van der Waals surface area contributed by atoms with Crippen molar-refractivity contribution < 1.29 is 4.79 Å². The molecular formula is C13H22N2O. The van der Waals surface area contributed by atoms with Crippen LogP contribution in [0.2, 0.25) is 0 Å². The summed E-state index contributed by atoms with van der Waals surface area (Å²) in [4.78, 5) is 11.7. The number of amides is 1.